The molecule has 6 heteroatoms. The molecular weight excluding hydrogens is 356 g/mol. The average Bonchev–Trinajstić information content (AvgIpc) is 2.63. The van der Waals surface area contributed by atoms with Crippen molar-refractivity contribution in [2.45, 2.75) is 49.7 Å². The van der Waals surface area contributed by atoms with Gasteiger partial charge in [-0.2, -0.15) is 0 Å². The van der Waals surface area contributed by atoms with E-state index in [0.29, 0.717) is 12.8 Å². The summed E-state index contributed by atoms with van der Waals surface area (Å²) in [5.41, 5.74) is 2.82. The fourth-order valence-corrected chi connectivity index (χ4v) is 5.94. The lowest BCUT2D eigenvalue weighted by Crippen LogP contribution is -2.73. The minimum absolute atomic E-state index is 0.0372. The Kier molecular flexibility index (Phi) is 3.50. The predicted molar refractivity (Wildman–Crippen MR) is 104 cm³/mol. The molecule has 3 atom stereocenters. The third-order valence-corrected chi connectivity index (χ3v) is 7.38. The molecule has 1 aliphatic heterocycles. The predicted octanol–water partition coefficient (Wildman–Crippen LogP) is 1.41. The number of aryl methyl sites for hydroxylation is 1. The number of carboxylic acids is 1. The molecule has 0 radical (unpaired) electrons. The van der Waals surface area contributed by atoms with E-state index in [1.807, 2.05) is 0 Å². The lowest BCUT2D eigenvalue weighted by molar-refractivity contribution is -0.145. The van der Waals surface area contributed by atoms with Crippen LogP contribution in [0.25, 0.3) is 0 Å². The Morgan fingerprint density at radius 2 is 2.04 bits per heavy atom. The standard InChI is InChI=1S/C22H24N2O4/c1-12-3-4-13-9-18-22(28)10-14-8-15(20(26)27)19(25)23-17(14)11-21(22,16(13)7-12)5-6-24(18)2/h3-4,7-8,18,28H,5-6,9-11H2,1-2H3,(H,23,25)(H,26,27)/t18-,21-,22-/m1/s1. The Bertz CT molecular complexity index is 1070. The van der Waals surface area contributed by atoms with E-state index in [1.54, 1.807) is 0 Å². The van der Waals surface area contributed by atoms with E-state index in [2.05, 4.69) is 42.1 Å². The van der Waals surface area contributed by atoms with Crippen LogP contribution in [0.3, 0.4) is 0 Å². The number of carboxylic acid groups (broad SMARTS) is 1. The van der Waals surface area contributed by atoms with Crippen LogP contribution in [-0.4, -0.2) is 51.3 Å². The zero-order valence-electron chi connectivity index (χ0n) is 16.1. The largest absolute Gasteiger partial charge is 0.477 e. The van der Waals surface area contributed by atoms with E-state index >= 15 is 0 Å². The number of carbonyl (C=O) groups is 1. The van der Waals surface area contributed by atoms with Crippen molar-refractivity contribution in [3.05, 3.63) is 68.1 Å². The Hall–Kier alpha value is -2.44. The zero-order valence-corrected chi connectivity index (χ0v) is 16.1. The Labute approximate surface area is 162 Å². The summed E-state index contributed by atoms with van der Waals surface area (Å²) in [7, 11) is 2.05. The molecule has 1 aromatic carbocycles. The maximum Gasteiger partial charge on any atom is 0.341 e. The van der Waals surface area contributed by atoms with Gasteiger partial charge in [0, 0.05) is 30.0 Å². The number of hydrogen-bond acceptors (Lipinski definition) is 4. The Balaban J connectivity index is 1.77. The van der Waals surface area contributed by atoms with E-state index in [0.717, 1.165) is 36.2 Å². The van der Waals surface area contributed by atoms with E-state index in [9.17, 15) is 19.8 Å². The molecule has 3 N–H and O–H groups in total. The Morgan fingerprint density at radius 3 is 2.79 bits per heavy atom. The van der Waals surface area contributed by atoms with Crippen molar-refractivity contribution in [3.8, 4) is 0 Å². The summed E-state index contributed by atoms with van der Waals surface area (Å²) in [6.45, 7) is 2.95. The number of aliphatic hydroxyl groups is 1. The molecular formula is C22H24N2O4. The summed E-state index contributed by atoms with van der Waals surface area (Å²) in [5.74, 6) is -1.24. The summed E-state index contributed by atoms with van der Waals surface area (Å²) in [6, 6.07) is 7.90. The smallest absolute Gasteiger partial charge is 0.341 e. The number of nitrogens with zero attached hydrogens (tertiary/aromatic N) is 1. The van der Waals surface area contributed by atoms with Gasteiger partial charge in [-0.15, -0.1) is 0 Å². The number of benzene rings is 1. The molecule has 2 heterocycles. The number of fused-ring (bicyclic) bond motifs is 2. The van der Waals surface area contributed by atoms with Gasteiger partial charge in [-0.25, -0.2) is 4.79 Å². The highest BCUT2D eigenvalue weighted by Crippen LogP contribution is 2.56. The first-order valence-corrected chi connectivity index (χ1v) is 9.76. The normalized spacial score (nSPS) is 30.9. The van der Waals surface area contributed by atoms with E-state index in [-0.39, 0.29) is 11.6 Å². The van der Waals surface area contributed by atoms with Gasteiger partial charge in [0.05, 0.1) is 5.60 Å². The molecule has 0 saturated carbocycles. The maximum atomic E-state index is 12.3. The summed E-state index contributed by atoms with van der Waals surface area (Å²) >= 11 is 0. The molecule has 1 aromatic heterocycles. The van der Waals surface area contributed by atoms with Crippen LogP contribution in [0.4, 0.5) is 0 Å². The minimum atomic E-state index is -1.24. The van der Waals surface area contributed by atoms with Crippen molar-refractivity contribution in [1.29, 1.82) is 0 Å². The van der Waals surface area contributed by atoms with Gasteiger partial charge in [0.1, 0.15) is 5.56 Å². The number of aromatic amines is 1. The molecule has 1 saturated heterocycles. The van der Waals surface area contributed by atoms with Gasteiger partial charge in [-0.3, -0.25) is 4.79 Å². The van der Waals surface area contributed by atoms with Crippen LogP contribution in [0.1, 0.15) is 44.7 Å². The molecule has 1 fully saturated rings. The highest BCUT2D eigenvalue weighted by molar-refractivity contribution is 5.87. The molecule has 146 valence electrons. The summed E-state index contributed by atoms with van der Waals surface area (Å²) in [5, 5.41) is 21.5. The van der Waals surface area contributed by atoms with Crippen molar-refractivity contribution in [2.24, 2.45) is 0 Å². The quantitative estimate of drug-likeness (QED) is 0.696. The SMILES string of the molecule is Cc1ccc2c(c1)[C@]13CCN(C)[C@H](C2)[C@]1(O)Cc1cc(C(=O)O)c(=O)[nH]c1C3. The van der Waals surface area contributed by atoms with Gasteiger partial charge in [0.25, 0.3) is 5.56 Å². The zero-order chi connectivity index (χ0) is 19.8. The number of pyridine rings is 1. The van der Waals surface area contributed by atoms with Gasteiger partial charge in [-0.1, -0.05) is 23.8 Å². The molecule has 28 heavy (non-hydrogen) atoms. The van der Waals surface area contributed by atoms with Gasteiger partial charge < -0.3 is 20.1 Å². The highest BCUT2D eigenvalue weighted by atomic mass is 16.4. The van der Waals surface area contributed by atoms with E-state index in [1.165, 1.54) is 17.2 Å². The maximum absolute atomic E-state index is 12.3. The van der Waals surface area contributed by atoms with Gasteiger partial charge >= 0.3 is 5.97 Å². The number of likely N-dealkylation sites (tertiary alicyclic amines) is 1. The number of aromatic carboxylic acids is 1. The summed E-state index contributed by atoms with van der Waals surface area (Å²) < 4.78 is 0. The van der Waals surface area contributed by atoms with Crippen LogP contribution < -0.4 is 5.56 Å². The van der Waals surface area contributed by atoms with Gasteiger partial charge in [0.15, 0.2) is 0 Å². The first-order chi connectivity index (χ1) is 13.2. The number of hydrogen-bond donors (Lipinski definition) is 3. The van der Waals surface area contributed by atoms with Crippen LogP contribution in [0, 0.1) is 6.92 Å². The number of piperidine rings is 1. The monoisotopic (exact) mass is 380 g/mol. The molecule has 0 unspecified atom stereocenters. The van der Waals surface area contributed by atoms with Crippen LogP contribution in [0.2, 0.25) is 0 Å². The molecule has 2 aliphatic carbocycles. The van der Waals surface area contributed by atoms with Gasteiger partial charge in [-0.05, 0) is 56.1 Å². The Morgan fingerprint density at radius 1 is 1.25 bits per heavy atom. The molecule has 5 rings (SSSR count). The second kappa shape index (κ2) is 5.55. The van der Waals surface area contributed by atoms with Crippen molar-refractivity contribution in [2.75, 3.05) is 13.6 Å². The van der Waals surface area contributed by atoms with E-state index in [4.69, 9.17) is 0 Å². The van der Waals surface area contributed by atoms with Crippen LogP contribution in [-0.2, 0) is 24.7 Å². The third kappa shape index (κ3) is 2.10. The number of H-pyrrole nitrogens is 1. The molecule has 6 nitrogen and oxygen atoms in total. The first kappa shape index (κ1) is 17.6. The lowest BCUT2D eigenvalue weighted by atomic mass is 9.49. The van der Waals surface area contributed by atoms with Crippen LogP contribution in [0.5, 0.6) is 0 Å². The number of nitrogens with one attached hydrogen (secondary N) is 1. The van der Waals surface area contributed by atoms with Gasteiger partial charge in [0.2, 0.25) is 0 Å². The van der Waals surface area contributed by atoms with Crippen molar-refractivity contribution in [1.82, 2.24) is 9.88 Å². The molecule has 3 aliphatic rings. The molecule has 2 bridgehead atoms. The second-order valence-corrected chi connectivity index (χ2v) is 8.79. The van der Waals surface area contributed by atoms with Crippen molar-refractivity contribution in [3.63, 3.8) is 0 Å². The second-order valence-electron chi connectivity index (χ2n) is 8.79. The highest BCUT2D eigenvalue weighted by Gasteiger charge is 2.63. The fraction of sp³-hybridized carbons (Fsp3) is 0.455. The number of aromatic nitrogens is 1. The third-order valence-electron chi connectivity index (χ3n) is 7.38. The van der Waals surface area contributed by atoms with Crippen LogP contribution >= 0.6 is 0 Å². The summed E-state index contributed by atoms with van der Waals surface area (Å²) in [6.07, 6.45) is 2.44. The minimum Gasteiger partial charge on any atom is -0.477 e. The molecule has 2 aromatic rings. The van der Waals surface area contributed by atoms with Crippen molar-refractivity contribution < 1.29 is 15.0 Å². The first-order valence-electron chi connectivity index (χ1n) is 9.76. The average molecular weight is 380 g/mol. The van der Waals surface area contributed by atoms with E-state index < -0.39 is 22.5 Å². The topological polar surface area (TPSA) is 93.6 Å². The van der Waals surface area contributed by atoms with Crippen molar-refractivity contribution >= 4 is 5.97 Å². The number of rotatable bonds is 1. The van der Waals surface area contributed by atoms with Crippen LogP contribution in [0.15, 0.2) is 29.1 Å². The number of likely N-dealkylation sites (N-methyl/N-ethyl adjacent to an activating group) is 1. The summed E-state index contributed by atoms with van der Waals surface area (Å²) in [4.78, 5) is 28.8. The fourth-order valence-electron chi connectivity index (χ4n) is 5.94. The lowest BCUT2D eigenvalue weighted by Gasteiger charge is -2.63. The molecule has 0 spiro atoms. The molecule has 0 amide bonds.